The van der Waals surface area contributed by atoms with Gasteiger partial charge in [0.15, 0.2) is 0 Å². The van der Waals surface area contributed by atoms with Gasteiger partial charge in [-0.05, 0) is 33.6 Å². The molecule has 0 saturated carbocycles. The molecule has 0 aliphatic carbocycles. The largest absolute Gasteiger partial charge is 0.369 e. The van der Waals surface area contributed by atoms with E-state index in [9.17, 15) is 13.6 Å². The molecule has 0 saturated heterocycles. The van der Waals surface area contributed by atoms with Crippen LogP contribution in [-0.4, -0.2) is 5.91 Å². The van der Waals surface area contributed by atoms with Crippen LogP contribution in [0.5, 0.6) is 0 Å². The fourth-order valence-electron chi connectivity index (χ4n) is 1.89. The number of para-hydroxylation sites is 1. The molecular formula is C15H13BrF2N2O. The lowest BCUT2D eigenvalue weighted by Gasteiger charge is -2.18. The Kier molecular flexibility index (Phi) is 4.90. The lowest BCUT2D eigenvalue weighted by molar-refractivity contribution is -0.118. The van der Waals surface area contributed by atoms with Crippen LogP contribution in [0.2, 0.25) is 0 Å². The molecule has 6 heteroatoms. The summed E-state index contributed by atoms with van der Waals surface area (Å²) in [5.41, 5.74) is 6.53. The van der Waals surface area contributed by atoms with Gasteiger partial charge >= 0.3 is 0 Å². The minimum absolute atomic E-state index is 0.0946. The van der Waals surface area contributed by atoms with Crippen LogP contribution < -0.4 is 11.1 Å². The number of anilines is 1. The highest BCUT2D eigenvalue weighted by atomic mass is 79.9. The molecule has 2 rings (SSSR count). The third-order valence-electron chi connectivity index (χ3n) is 2.98. The summed E-state index contributed by atoms with van der Waals surface area (Å²) in [7, 11) is 0. The SMILES string of the molecule is NC(=O)C(Nc1ccccc1Br)c1ccc(C(F)F)cc1. The van der Waals surface area contributed by atoms with E-state index in [-0.39, 0.29) is 5.56 Å². The molecule has 1 amide bonds. The normalized spacial score (nSPS) is 12.2. The summed E-state index contributed by atoms with van der Waals surface area (Å²) < 4.78 is 25.9. The second-order valence-electron chi connectivity index (χ2n) is 4.43. The minimum Gasteiger partial charge on any atom is -0.369 e. The van der Waals surface area contributed by atoms with Crippen molar-refractivity contribution in [2.75, 3.05) is 5.32 Å². The first-order valence-electron chi connectivity index (χ1n) is 6.17. The molecule has 0 spiro atoms. The summed E-state index contributed by atoms with van der Waals surface area (Å²) in [6.45, 7) is 0. The van der Waals surface area contributed by atoms with Crippen molar-refractivity contribution in [1.29, 1.82) is 0 Å². The van der Waals surface area contributed by atoms with E-state index in [1.165, 1.54) is 24.3 Å². The van der Waals surface area contributed by atoms with Gasteiger partial charge in [-0.3, -0.25) is 4.79 Å². The predicted octanol–water partition coefficient (Wildman–Crippen LogP) is 4.03. The Morgan fingerprint density at radius 2 is 1.62 bits per heavy atom. The van der Waals surface area contributed by atoms with Gasteiger partial charge in [-0.15, -0.1) is 0 Å². The van der Waals surface area contributed by atoms with Gasteiger partial charge in [-0.1, -0.05) is 36.4 Å². The zero-order valence-corrected chi connectivity index (χ0v) is 12.5. The van der Waals surface area contributed by atoms with E-state index in [0.717, 1.165) is 4.47 Å². The molecule has 0 fully saturated rings. The van der Waals surface area contributed by atoms with Gasteiger partial charge in [0.2, 0.25) is 5.91 Å². The summed E-state index contributed by atoms with van der Waals surface area (Å²) >= 11 is 3.36. The van der Waals surface area contributed by atoms with Crippen LogP contribution in [-0.2, 0) is 4.79 Å². The molecule has 0 aliphatic rings. The molecule has 0 radical (unpaired) electrons. The Morgan fingerprint density at radius 1 is 1.05 bits per heavy atom. The number of amides is 1. The number of carbonyl (C=O) groups excluding carboxylic acids is 1. The van der Waals surface area contributed by atoms with Gasteiger partial charge < -0.3 is 11.1 Å². The molecule has 110 valence electrons. The molecule has 2 aromatic carbocycles. The van der Waals surface area contributed by atoms with Crippen molar-refractivity contribution in [1.82, 2.24) is 0 Å². The first-order valence-corrected chi connectivity index (χ1v) is 6.96. The Morgan fingerprint density at radius 3 is 2.14 bits per heavy atom. The van der Waals surface area contributed by atoms with E-state index in [1.807, 2.05) is 18.2 Å². The number of hydrogen-bond acceptors (Lipinski definition) is 2. The van der Waals surface area contributed by atoms with Crippen molar-refractivity contribution in [3.8, 4) is 0 Å². The summed E-state index contributed by atoms with van der Waals surface area (Å²) in [6, 6.07) is 12.0. The van der Waals surface area contributed by atoms with E-state index in [1.54, 1.807) is 6.07 Å². The Hall–Kier alpha value is -1.95. The van der Waals surface area contributed by atoms with Crippen LogP contribution in [0, 0.1) is 0 Å². The van der Waals surface area contributed by atoms with Crippen LogP contribution in [0.1, 0.15) is 23.6 Å². The van der Waals surface area contributed by atoms with Crippen LogP contribution in [0.4, 0.5) is 14.5 Å². The van der Waals surface area contributed by atoms with Gasteiger partial charge in [-0.25, -0.2) is 8.78 Å². The average Bonchev–Trinajstić information content (AvgIpc) is 2.46. The van der Waals surface area contributed by atoms with E-state index >= 15 is 0 Å². The number of alkyl halides is 2. The van der Waals surface area contributed by atoms with Crippen LogP contribution >= 0.6 is 15.9 Å². The van der Waals surface area contributed by atoms with Gasteiger partial charge in [0.05, 0.1) is 0 Å². The summed E-state index contributed by atoms with van der Waals surface area (Å²) in [4.78, 5) is 11.6. The maximum atomic E-state index is 12.5. The third kappa shape index (κ3) is 3.78. The number of halogens is 3. The minimum atomic E-state index is -2.54. The highest BCUT2D eigenvalue weighted by Gasteiger charge is 2.19. The number of nitrogens with one attached hydrogen (secondary N) is 1. The zero-order valence-electron chi connectivity index (χ0n) is 10.9. The highest BCUT2D eigenvalue weighted by molar-refractivity contribution is 9.10. The molecule has 0 aromatic heterocycles. The standard InChI is InChI=1S/C15H13BrF2N2O/c16-11-3-1-2-4-12(11)20-13(15(19)21)9-5-7-10(8-6-9)14(17)18/h1-8,13-14,20H,(H2,19,21). The Labute approximate surface area is 129 Å². The molecule has 3 nitrogen and oxygen atoms in total. The van der Waals surface area contributed by atoms with Gasteiger partial charge in [-0.2, -0.15) is 0 Å². The maximum Gasteiger partial charge on any atom is 0.263 e. The maximum absolute atomic E-state index is 12.5. The topological polar surface area (TPSA) is 55.1 Å². The molecule has 0 aliphatic heterocycles. The lowest BCUT2D eigenvalue weighted by Crippen LogP contribution is -2.27. The van der Waals surface area contributed by atoms with Crippen LogP contribution in [0.3, 0.4) is 0 Å². The Balaban J connectivity index is 2.27. The predicted molar refractivity (Wildman–Crippen MR) is 81.1 cm³/mol. The number of benzene rings is 2. The first kappa shape index (κ1) is 15.4. The van der Waals surface area contributed by atoms with Crippen LogP contribution in [0.15, 0.2) is 53.0 Å². The molecule has 3 N–H and O–H groups in total. The van der Waals surface area contributed by atoms with E-state index in [4.69, 9.17) is 5.73 Å². The number of primary amides is 1. The number of rotatable bonds is 5. The Bertz CT molecular complexity index is 632. The fraction of sp³-hybridized carbons (Fsp3) is 0.133. The zero-order chi connectivity index (χ0) is 15.4. The smallest absolute Gasteiger partial charge is 0.263 e. The summed E-state index contributed by atoms with van der Waals surface area (Å²) in [5, 5.41) is 3.00. The first-order chi connectivity index (χ1) is 9.99. The highest BCUT2D eigenvalue weighted by Crippen LogP contribution is 2.27. The van der Waals surface area contributed by atoms with E-state index < -0.39 is 18.4 Å². The fourth-order valence-corrected chi connectivity index (χ4v) is 2.29. The quantitative estimate of drug-likeness (QED) is 0.851. The van der Waals surface area contributed by atoms with Crippen molar-refractivity contribution in [2.45, 2.75) is 12.5 Å². The summed E-state index contributed by atoms with van der Waals surface area (Å²) in [6.07, 6.45) is -2.54. The van der Waals surface area contributed by atoms with Crippen molar-refractivity contribution >= 4 is 27.5 Å². The monoisotopic (exact) mass is 354 g/mol. The number of hydrogen-bond donors (Lipinski definition) is 2. The second-order valence-corrected chi connectivity index (χ2v) is 5.28. The molecule has 0 heterocycles. The molecular weight excluding hydrogens is 342 g/mol. The van der Waals surface area contributed by atoms with Crippen molar-refractivity contribution in [3.63, 3.8) is 0 Å². The van der Waals surface area contributed by atoms with Crippen molar-refractivity contribution in [3.05, 3.63) is 64.1 Å². The second kappa shape index (κ2) is 6.67. The molecule has 21 heavy (non-hydrogen) atoms. The van der Waals surface area contributed by atoms with Crippen molar-refractivity contribution < 1.29 is 13.6 Å². The molecule has 0 bridgehead atoms. The summed E-state index contributed by atoms with van der Waals surface area (Å²) in [5.74, 6) is -0.587. The van der Waals surface area contributed by atoms with Gasteiger partial charge in [0.25, 0.3) is 6.43 Å². The van der Waals surface area contributed by atoms with Gasteiger partial charge in [0.1, 0.15) is 6.04 Å². The van der Waals surface area contributed by atoms with Gasteiger partial charge in [0, 0.05) is 15.7 Å². The lowest BCUT2D eigenvalue weighted by atomic mass is 10.0. The molecule has 2 aromatic rings. The number of carbonyl (C=O) groups is 1. The van der Waals surface area contributed by atoms with E-state index in [2.05, 4.69) is 21.2 Å². The van der Waals surface area contributed by atoms with E-state index in [0.29, 0.717) is 11.3 Å². The third-order valence-corrected chi connectivity index (χ3v) is 3.67. The molecule has 1 atom stereocenters. The molecule has 1 unspecified atom stereocenters. The van der Waals surface area contributed by atoms with Crippen LogP contribution in [0.25, 0.3) is 0 Å². The average molecular weight is 355 g/mol. The number of nitrogens with two attached hydrogens (primary N) is 1. The van der Waals surface area contributed by atoms with Crippen molar-refractivity contribution in [2.24, 2.45) is 5.73 Å².